The first-order valence-corrected chi connectivity index (χ1v) is 5.03. The van der Waals surface area contributed by atoms with Gasteiger partial charge in [0.15, 0.2) is 11.5 Å². The average molecular weight is 220 g/mol. The lowest BCUT2D eigenvalue weighted by molar-refractivity contribution is 0.250. The highest BCUT2D eigenvalue weighted by Gasteiger charge is 2.09. The maximum atomic E-state index is 8.95. The molecule has 0 heterocycles. The van der Waals surface area contributed by atoms with Gasteiger partial charge in [-0.25, -0.2) is 0 Å². The lowest BCUT2D eigenvalue weighted by atomic mass is 10.2. The molecule has 0 bridgehead atoms. The molecule has 0 radical (unpaired) electrons. The van der Waals surface area contributed by atoms with Crippen molar-refractivity contribution in [2.24, 2.45) is 0 Å². The summed E-state index contributed by atoms with van der Waals surface area (Å²) in [6.07, 6.45) is 0. The number of para-hydroxylation sites is 1. The second kappa shape index (κ2) is 5.99. The average Bonchev–Trinajstić information content (AvgIpc) is 2.28. The lowest BCUT2D eigenvalue weighted by Crippen LogP contribution is -2.19. The van der Waals surface area contributed by atoms with Crippen LogP contribution in [0.15, 0.2) is 18.2 Å². The Hall–Kier alpha value is -1.73. The predicted octanol–water partition coefficient (Wildman–Crippen LogP) is 1.51. The molecule has 1 aromatic carbocycles. The van der Waals surface area contributed by atoms with Crippen molar-refractivity contribution in [3.8, 4) is 17.6 Å². The number of nitriles is 1. The molecule has 4 heteroatoms. The molecule has 0 aliphatic rings. The van der Waals surface area contributed by atoms with E-state index in [1.165, 1.54) is 0 Å². The van der Waals surface area contributed by atoms with E-state index in [-0.39, 0.29) is 0 Å². The molecule has 86 valence electrons. The Morgan fingerprint density at radius 2 is 2.12 bits per heavy atom. The standard InChI is InChI=1S/C12H16N2O2/c1-14(2)7-8-16-12-10(9-13)5-4-6-11(12)15-3/h4-6H,7-8H2,1-3H3. The fourth-order valence-corrected chi connectivity index (χ4v) is 1.24. The molecule has 0 N–H and O–H groups in total. The SMILES string of the molecule is COc1cccc(C#N)c1OCCN(C)C. The number of hydrogen-bond acceptors (Lipinski definition) is 4. The summed E-state index contributed by atoms with van der Waals surface area (Å²) in [5.74, 6) is 1.12. The fourth-order valence-electron chi connectivity index (χ4n) is 1.24. The second-order valence-electron chi connectivity index (χ2n) is 3.60. The maximum Gasteiger partial charge on any atom is 0.178 e. The minimum Gasteiger partial charge on any atom is -0.493 e. The molecule has 0 aliphatic carbocycles. The molecule has 0 spiro atoms. The van der Waals surface area contributed by atoms with Crippen molar-refractivity contribution in [3.05, 3.63) is 23.8 Å². The summed E-state index contributed by atoms with van der Waals surface area (Å²) in [4.78, 5) is 2.02. The summed E-state index contributed by atoms with van der Waals surface area (Å²) in [5.41, 5.74) is 0.498. The van der Waals surface area contributed by atoms with Crippen LogP contribution in [0.1, 0.15) is 5.56 Å². The Kier molecular flexibility index (Phi) is 4.62. The van der Waals surface area contributed by atoms with Crippen molar-refractivity contribution < 1.29 is 9.47 Å². The van der Waals surface area contributed by atoms with E-state index in [1.54, 1.807) is 25.3 Å². The molecule has 4 nitrogen and oxygen atoms in total. The predicted molar refractivity (Wildman–Crippen MR) is 61.8 cm³/mol. The molecule has 1 aromatic rings. The van der Waals surface area contributed by atoms with Gasteiger partial charge in [0.05, 0.1) is 12.7 Å². The molecule has 1 rings (SSSR count). The molecule has 0 fully saturated rings. The first kappa shape index (κ1) is 12.3. The summed E-state index contributed by atoms with van der Waals surface area (Å²) >= 11 is 0. The van der Waals surface area contributed by atoms with Crippen LogP contribution in [-0.2, 0) is 0 Å². The molecule has 0 atom stereocenters. The van der Waals surface area contributed by atoms with Gasteiger partial charge < -0.3 is 14.4 Å². The monoisotopic (exact) mass is 220 g/mol. The van der Waals surface area contributed by atoms with E-state index in [1.807, 2.05) is 19.0 Å². The van der Waals surface area contributed by atoms with Gasteiger partial charge in [-0.15, -0.1) is 0 Å². The summed E-state index contributed by atoms with van der Waals surface area (Å²) in [6.45, 7) is 1.32. The zero-order chi connectivity index (χ0) is 12.0. The third-order valence-corrected chi connectivity index (χ3v) is 2.10. The van der Waals surface area contributed by atoms with Crippen LogP contribution in [0.25, 0.3) is 0 Å². The minimum atomic E-state index is 0.498. The van der Waals surface area contributed by atoms with Crippen LogP contribution in [0.5, 0.6) is 11.5 Å². The summed E-state index contributed by atoms with van der Waals surface area (Å²) in [6, 6.07) is 7.36. The topological polar surface area (TPSA) is 45.5 Å². The van der Waals surface area contributed by atoms with Crippen LogP contribution < -0.4 is 9.47 Å². The van der Waals surface area contributed by atoms with E-state index in [0.717, 1.165) is 6.54 Å². The summed E-state index contributed by atoms with van der Waals surface area (Å²) in [7, 11) is 5.50. The van der Waals surface area contributed by atoms with Crippen LogP contribution in [0, 0.1) is 11.3 Å². The second-order valence-corrected chi connectivity index (χ2v) is 3.60. The van der Waals surface area contributed by atoms with E-state index in [9.17, 15) is 0 Å². The quantitative estimate of drug-likeness (QED) is 0.754. The maximum absolute atomic E-state index is 8.95. The van der Waals surface area contributed by atoms with Gasteiger partial charge >= 0.3 is 0 Å². The molecule has 16 heavy (non-hydrogen) atoms. The van der Waals surface area contributed by atoms with Crippen molar-refractivity contribution in [1.82, 2.24) is 4.90 Å². The molecule has 0 aliphatic heterocycles. The zero-order valence-electron chi connectivity index (χ0n) is 9.86. The summed E-state index contributed by atoms with van der Waals surface area (Å²) in [5, 5.41) is 8.95. The Morgan fingerprint density at radius 1 is 1.38 bits per heavy atom. The molecule has 0 saturated heterocycles. The van der Waals surface area contributed by atoms with Crippen molar-refractivity contribution in [2.75, 3.05) is 34.4 Å². The Bertz CT molecular complexity index is 383. The van der Waals surface area contributed by atoms with Crippen molar-refractivity contribution in [3.63, 3.8) is 0 Å². The van der Waals surface area contributed by atoms with Gasteiger partial charge in [-0.1, -0.05) is 6.07 Å². The number of ether oxygens (including phenoxy) is 2. The molecular weight excluding hydrogens is 204 g/mol. The fraction of sp³-hybridized carbons (Fsp3) is 0.417. The normalized spacial score (nSPS) is 9.94. The highest BCUT2D eigenvalue weighted by molar-refractivity contribution is 5.52. The number of methoxy groups -OCH3 is 1. The Morgan fingerprint density at radius 3 is 2.69 bits per heavy atom. The van der Waals surface area contributed by atoms with E-state index < -0.39 is 0 Å². The third kappa shape index (κ3) is 3.14. The van der Waals surface area contributed by atoms with E-state index in [2.05, 4.69) is 6.07 Å². The molecule has 0 amide bonds. The van der Waals surface area contributed by atoms with Gasteiger partial charge in [-0.3, -0.25) is 0 Å². The number of nitrogens with zero attached hydrogens (tertiary/aromatic N) is 2. The number of rotatable bonds is 5. The Labute approximate surface area is 96.0 Å². The van der Waals surface area contributed by atoms with Gasteiger partial charge in [0.1, 0.15) is 12.7 Å². The highest BCUT2D eigenvalue weighted by atomic mass is 16.5. The number of likely N-dealkylation sites (N-methyl/N-ethyl adjacent to an activating group) is 1. The van der Waals surface area contributed by atoms with Gasteiger partial charge in [-0.05, 0) is 26.2 Å². The first-order valence-electron chi connectivity index (χ1n) is 5.03. The lowest BCUT2D eigenvalue weighted by Gasteiger charge is -2.14. The van der Waals surface area contributed by atoms with Gasteiger partial charge in [0.25, 0.3) is 0 Å². The Balaban J connectivity index is 2.80. The third-order valence-electron chi connectivity index (χ3n) is 2.10. The van der Waals surface area contributed by atoms with Gasteiger partial charge in [-0.2, -0.15) is 5.26 Å². The van der Waals surface area contributed by atoms with Crippen LogP contribution in [-0.4, -0.2) is 39.3 Å². The molecule has 0 saturated carbocycles. The minimum absolute atomic E-state index is 0.498. The number of benzene rings is 1. The van der Waals surface area contributed by atoms with Crippen molar-refractivity contribution in [1.29, 1.82) is 5.26 Å². The van der Waals surface area contributed by atoms with E-state index in [4.69, 9.17) is 14.7 Å². The van der Waals surface area contributed by atoms with Crippen LogP contribution >= 0.6 is 0 Å². The van der Waals surface area contributed by atoms with Gasteiger partial charge in [0.2, 0.25) is 0 Å². The van der Waals surface area contributed by atoms with Crippen molar-refractivity contribution >= 4 is 0 Å². The molecule has 0 unspecified atom stereocenters. The van der Waals surface area contributed by atoms with E-state index >= 15 is 0 Å². The van der Waals surface area contributed by atoms with Crippen LogP contribution in [0.2, 0.25) is 0 Å². The number of hydrogen-bond donors (Lipinski definition) is 0. The van der Waals surface area contributed by atoms with E-state index in [0.29, 0.717) is 23.7 Å². The van der Waals surface area contributed by atoms with Crippen LogP contribution in [0.4, 0.5) is 0 Å². The first-order chi connectivity index (χ1) is 7.69. The summed E-state index contributed by atoms with van der Waals surface area (Å²) < 4.78 is 10.7. The zero-order valence-corrected chi connectivity index (χ0v) is 9.86. The van der Waals surface area contributed by atoms with Crippen LogP contribution in [0.3, 0.4) is 0 Å². The van der Waals surface area contributed by atoms with Crippen molar-refractivity contribution in [2.45, 2.75) is 0 Å². The largest absolute Gasteiger partial charge is 0.493 e. The van der Waals surface area contributed by atoms with Gasteiger partial charge in [0, 0.05) is 6.54 Å². The highest BCUT2D eigenvalue weighted by Crippen LogP contribution is 2.30. The smallest absolute Gasteiger partial charge is 0.178 e. The molecular formula is C12H16N2O2. The molecule has 0 aromatic heterocycles.